The Morgan fingerprint density at radius 2 is 2.11 bits per heavy atom. The fraction of sp³-hybridized carbons (Fsp3) is 0.467. The lowest BCUT2D eigenvalue weighted by molar-refractivity contribution is -0.00000407. The lowest BCUT2D eigenvalue weighted by atomic mass is 10.1. The van der Waals surface area contributed by atoms with Gasteiger partial charge >= 0.3 is 0 Å². The van der Waals surface area contributed by atoms with Gasteiger partial charge in [0.25, 0.3) is 0 Å². The van der Waals surface area contributed by atoms with Gasteiger partial charge in [-0.1, -0.05) is 37.1 Å². The first-order valence-corrected chi connectivity index (χ1v) is 6.93. The molecule has 1 aromatic rings. The highest BCUT2D eigenvalue weighted by Crippen LogP contribution is 2.24. The molecule has 4 heteroatoms. The number of hydrogen-bond donors (Lipinski definition) is 1. The van der Waals surface area contributed by atoms with Crippen molar-refractivity contribution in [1.29, 1.82) is 0 Å². The van der Waals surface area contributed by atoms with E-state index in [9.17, 15) is 0 Å². The summed E-state index contributed by atoms with van der Waals surface area (Å²) in [5, 5.41) is 4.33. The third kappa shape index (κ3) is 5.06. The number of hydrogen-bond acceptors (Lipinski definition) is 2. The first-order valence-electron chi connectivity index (χ1n) is 6.55. The van der Waals surface area contributed by atoms with Gasteiger partial charge in [-0.15, -0.1) is 0 Å². The van der Waals surface area contributed by atoms with Crippen LogP contribution in [-0.2, 0) is 6.54 Å². The quantitative estimate of drug-likeness (QED) is 0.790. The molecule has 0 aromatic heterocycles. The van der Waals surface area contributed by atoms with Crippen molar-refractivity contribution in [3.63, 3.8) is 0 Å². The van der Waals surface area contributed by atoms with Gasteiger partial charge < -0.3 is 22.5 Å². The molecule has 1 fully saturated rings. The van der Waals surface area contributed by atoms with Crippen LogP contribution in [0.3, 0.4) is 0 Å². The summed E-state index contributed by atoms with van der Waals surface area (Å²) in [6, 6.07) is 6.41. The first-order chi connectivity index (χ1) is 8.79. The standard InChI is InChI=1S/C15H20ClNO.ClH/c1-2-9-18-15-8-7-13(16)10-12(15)11-17-14-5-3-4-6-14;/h2,7-8,10,14,17H,1,3-6,9,11H2;1H/p-1. The minimum atomic E-state index is 0. The van der Waals surface area contributed by atoms with Crippen LogP contribution in [0.4, 0.5) is 0 Å². The zero-order chi connectivity index (χ0) is 12.8. The number of nitrogens with one attached hydrogen (secondary N) is 1. The van der Waals surface area contributed by atoms with E-state index in [0.29, 0.717) is 12.6 Å². The number of benzene rings is 1. The summed E-state index contributed by atoms with van der Waals surface area (Å²) in [6.07, 6.45) is 7.00. The van der Waals surface area contributed by atoms with E-state index in [1.54, 1.807) is 6.08 Å². The maximum atomic E-state index is 6.04. The van der Waals surface area contributed by atoms with Gasteiger partial charge in [-0.05, 0) is 31.0 Å². The van der Waals surface area contributed by atoms with Gasteiger partial charge in [0.15, 0.2) is 0 Å². The van der Waals surface area contributed by atoms with E-state index in [1.165, 1.54) is 25.7 Å². The fourth-order valence-corrected chi connectivity index (χ4v) is 2.55. The Hall–Kier alpha value is -0.700. The van der Waals surface area contributed by atoms with Crippen LogP contribution < -0.4 is 22.5 Å². The van der Waals surface area contributed by atoms with Crippen LogP contribution in [0.2, 0.25) is 5.02 Å². The lowest BCUT2D eigenvalue weighted by Gasteiger charge is -2.15. The highest BCUT2D eigenvalue weighted by molar-refractivity contribution is 6.30. The van der Waals surface area contributed by atoms with Gasteiger partial charge in [-0.2, -0.15) is 0 Å². The third-order valence-electron chi connectivity index (χ3n) is 3.32. The van der Waals surface area contributed by atoms with E-state index < -0.39 is 0 Å². The number of ether oxygens (including phenoxy) is 1. The first kappa shape index (κ1) is 16.4. The molecule has 1 N–H and O–H groups in total. The average molecular weight is 301 g/mol. The molecule has 1 saturated carbocycles. The van der Waals surface area contributed by atoms with E-state index in [4.69, 9.17) is 16.3 Å². The normalized spacial score (nSPS) is 15.0. The van der Waals surface area contributed by atoms with E-state index >= 15 is 0 Å². The van der Waals surface area contributed by atoms with E-state index in [0.717, 1.165) is 22.9 Å². The second-order valence-electron chi connectivity index (χ2n) is 4.71. The molecule has 1 aliphatic carbocycles. The molecule has 0 amide bonds. The zero-order valence-electron chi connectivity index (χ0n) is 11.0. The van der Waals surface area contributed by atoms with E-state index in [1.807, 2.05) is 18.2 Å². The van der Waals surface area contributed by atoms with Gasteiger partial charge in [-0.3, -0.25) is 0 Å². The summed E-state index contributed by atoms with van der Waals surface area (Å²) in [6.45, 7) is 5.01. The maximum Gasteiger partial charge on any atom is 0.124 e. The Balaban J connectivity index is 0.00000180. The van der Waals surface area contributed by atoms with E-state index in [2.05, 4.69) is 11.9 Å². The van der Waals surface area contributed by atoms with E-state index in [-0.39, 0.29) is 12.4 Å². The Morgan fingerprint density at radius 3 is 2.79 bits per heavy atom. The predicted octanol–water partition coefficient (Wildman–Crippen LogP) is 0.941. The second-order valence-corrected chi connectivity index (χ2v) is 5.15. The lowest BCUT2D eigenvalue weighted by Crippen LogP contribution is -3.00. The molecule has 0 unspecified atom stereocenters. The zero-order valence-corrected chi connectivity index (χ0v) is 12.5. The van der Waals surface area contributed by atoms with Crippen LogP contribution in [0, 0.1) is 0 Å². The van der Waals surface area contributed by atoms with Crippen LogP contribution >= 0.6 is 11.6 Å². The summed E-state index contributed by atoms with van der Waals surface area (Å²) in [4.78, 5) is 0. The van der Waals surface area contributed by atoms with Crippen molar-refractivity contribution in [2.24, 2.45) is 0 Å². The van der Waals surface area contributed by atoms with Gasteiger partial charge in [0, 0.05) is 23.2 Å². The highest BCUT2D eigenvalue weighted by atomic mass is 35.5. The van der Waals surface area contributed by atoms with Crippen molar-refractivity contribution in [1.82, 2.24) is 5.32 Å². The Morgan fingerprint density at radius 1 is 1.37 bits per heavy atom. The molecular weight excluding hydrogens is 281 g/mol. The van der Waals surface area contributed by atoms with Gasteiger partial charge in [0.2, 0.25) is 0 Å². The molecule has 1 aromatic carbocycles. The third-order valence-corrected chi connectivity index (χ3v) is 3.55. The predicted molar refractivity (Wildman–Crippen MR) is 76.2 cm³/mol. The Kier molecular flexibility index (Phi) is 7.29. The summed E-state index contributed by atoms with van der Waals surface area (Å²) >= 11 is 6.04. The molecule has 2 rings (SSSR count). The highest BCUT2D eigenvalue weighted by Gasteiger charge is 2.15. The monoisotopic (exact) mass is 300 g/mol. The molecule has 0 saturated heterocycles. The molecule has 0 radical (unpaired) electrons. The second kappa shape index (κ2) is 8.47. The molecule has 0 heterocycles. The van der Waals surface area contributed by atoms with Gasteiger partial charge in [0.1, 0.15) is 12.4 Å². The van der Waals surface area contributed by atoms with Crippen molar-refractivity contribution >= 4 is 11.6 Å². The van der Waals surface area contributed by atoms with Crippen molar-refractivity contribution in [2.75, 3.05) is 6.61 Å². The maximum absolute atomic E-state index is 6.04. The van der Waals surface area contributed by atoms with Crippen LogP contribution in [0.25, 0.3) is 0 Å². The summed E-state index contributed by atoms with van der Waals surface area (Å²) < 4.78 is 5.64. The minimum Gasteiger partial charge on any atom is -1.00 e. The van der Waals surface area contributed by atoms with Crippen molar-refractivity contribution < 1.29 is 17.1 Å². The molecule has 0 spiro atoms. The number of rotatable bonds is 6. The molecular formula is C15H20Cl2NO-. The van der Waals surface area contributed by atoms with Crippen LogP contribution in [0.15, 0.2) is 30.9 Å². The molecule has 0 aliphatic heterocycles. The van der Waals surface area contributed by atoms with Crippen molar-refractivity contribution in [2.45, 2.75) is 38.3 Å². The molecule has 19 heavy (non-hydrogen) atoms. The van der Waals surface area contributed by atoms with Crippen LogP contribution in [-0.4, -0.2) is 12.6 Å². The fourth-order valence-electron chi connectivity index (χ4n) is 2.36. The largest absolute Gasteiger partial charge is 1.00 e. The molecule has 106 valence electrons. The molecule has 0 bridgehead atoms. The summed E-state index contributed by atoms with van der Waals surface area (Å²) in [5.41, 5.74) is 1.12. The molecule has 2 nitrogen and oxygen atoms in total. The summed E-state index contributed by atoms with van der Waals surface area (Å²) in [5.74, 6) is 0.893. The molecule has 0 atom stereocenters. The summed E-state index contributed by atoms with van der Waals surface area (Å²) in [7, 11) is 0. The van der Waals surface area contributed by atoms with Gasteiger partial charge in [-0.25, -0.2) is 0 Å². The average Bonchev–Trinajstić information content (AvgIpc) is 2.88. The topological polar surface area (TPSA) is 21.3 Å². The Bertz CT molecular complexity index is 403. The van der Waals surface area contributed by atoms with Crippen LogP contribution in [0.1, 0.15) is 31.2 Å². The van der Waals surface area contributed by atoms with Gasteiger partial charge in [0.05, 0.1) is 0 Å². The van der Waals surface area contributed by atoms with Crippen LogP contribution in [0.5, 0.6) is 5.75 Å². The number of halogens is 2. The van der Waals surface area contributed by atoms with Crippen molar-refractivity contribution in [3.8, 4) is 5.75 Å². The molecule has 1 aliphatic rings. The minimum absolute atomic E-state index is 0. The smallest absolute Gasteiger partial charge is 0.124 e. The SMILES string of the molecule is C=CCOc1ccc(Cl)cc1CNC1CCCC1.[Cl-]. The Labute approximate surface area is 126 Å². The van der Waals surface area contributed by atoms with Crippen molar-refractivity contribution in [3.05, 3.63) is 41.4 Å².